The van der Waals surface area contributed by atoms with Crippen LogP contribution in [-0.4, -0.2) is 72.2 Å². The molecule has 1 amide bonds. The number of carbonyl (C=O) groups is 2. The summed E-state index contributed by atoms with van der Waals surface area (Å²) in [5.74, 6) is -0.430. The summed E-state index contributed by atoms with van der Waals surface area (Å²) in [6.45, 7) is 5.85. The molecule has 0 saturated carbocycles. The summed E-state index contributed by atoms with van der Waals surface area (Å²) in [6.07, 6.45) is 1.19. The zero-order valence-electron chi connectivity index (χ0n) is 11.4. The van der Waals surface area contributed by atoms with E-state index in [0.29, 0.717) is 26.2 Å². The number of carboxylic acid groups (broad SMARTS) is 1. The van der Waals surface area contributed by atoms with Crippen molar-refractivity contribution in [1.29, 1.82) is 0 Å². The summed E-state index contributed by atoms with van der Waals surface area (Å²) in [7, 11) is 0. The molecule has 0 aliphatic carbocycles. The molecule has 2 saturated heterocycles. The molecule has 6 nitrogen and oxygen atoms in total. The lowest BCUT2D eigenvalue weighted by Gasteiger charge is -2.32. The fourth-order valence-electron chi connectivity index (χ4n) is 2.81. The summed E-state index contributed by atoms with van der Waals surface area (Å²) in [6, 6.07) is 0. The zero-order chi connectivity index (χ0) is 13.8. The molecule has 2 aliphatic rings. The van der Waals surface area contributed by atoms with Crippen LogP contribution in [-0.2, 0) is 14.3 Å². The monoisotopic (exact) mass is 270 g/mol. The number of aliphatic carboxylic acids is 1. The van der Waals surface area contributed by atoms with Crippen LogP contribution in [0.5, 0.6) is 0 Å². The van der Waals surface area contributed by atoms with Gasteiger partial charge in [-0.25, -0.2) is 0 Å². The highest BCUT2D eigenvalue weighted by atomic mass is 16.5. The Bertz CT molecular complexity index is 348. The third kappa shape index (κ3) is 4.18. The Balaban J connectivity index is 1.75. The van der Waals surface area contributed by atoms with Crippen molar-refractivity contribution in [3.63, 3.8) is 0 Å². The summed E-state index contributed by atoms with van der Waals surface area (Å²) < 4.78 is 5.42. The Hall–Kier alpha value is -1.14. The molecule has 0 spiro atoms. The van der Waals surface area contributed by atoms with Crippen LogP contribution in [0, 0.1) is 5.92 Å². The summed E-state index contributed by atoms with van der Waals surface area (Å²) >= 11 is 0. The lowest BCUT2D eigenvalue weighted by molar-refractivity contribution is -0.139. The van der Waals surface area contributed by atoms with Crippen molar-refractivity contribution in [2.45, 2.75) is 25.9 Å². The lowest BCUT2D eigenvalue weighted by atomic mass is 10.1. The molecule has 0 aromatic rings. The zero-order valence-corrected chi connectivity index (χ0v) is 11.4. The van der Waals surface area contributed by atoms with E-state index in [1.807, 2.05) is 11.8 Å². The Labute approximate surface area is 113 Å². The van der Waals surface area contributed by atoms with Gasteiger partial charge in [0, 0.05) is 26.1 Å². The van der Waals surface area contributed by atoms with Crippen LogP contribution >= 0.6 is 0 Å². The van der Waals surface area contributed by atoms with Gasteiger partial charge in [-0.2, -0.15) is 0 Å². The van der Waals surface area contributed by atoms with Gasteiger partial charge in [0.15, 0.2) is 0 Å². The third-order valence-corrected chi connectivity index (χ3v) is 3.79. The van der Waals surface area contributed by atoms with Crippen LogP contribution in [0.3, 0.4) is 0 Å². The van der Waals surface area contributed by atoms with E-state index in [4.69, 9.17) is 9.84 Å². The van der Waals surface area contributed by atoms with Gasteiger partial charge >= 0.3 is 5.97 Å². The first-order valence-electron chi connectivity index (χ1n) is 6.88. The van der Waals surface area contributed by atoms with Crippen molar-refractivity contribution in [1.82, 2.24) is 9.80 Å². The van der Waals surface area contributed by atoms with Crippen molar-refractivity contribution >= 4 is 11.9 Å². The number of nitrogens with zero attached hydrogens (tertiary/aromatic N) is 2. The highest BCUT2D eigenvalue weighted by molar-refractivity contribution is 5.78. The van der Waals surface area contributed by atoms with Gasteiger partial charge in [-0.05, 0) is 25.8 Å². The predicted molar refractivity (Wildman–Crippen MR) is 68.8 cm³/mol. The first-order chi connectivity index (χ1) is 9.04. The Morgan fingerprint density at radius 2 is 2.11 bits per heavy atom. The minimum absolute atomic E-state index is 0.107. The summed E-state index contributed by atoms with van der Waals surface area (Å²) in [4.78, 5) is 26.7. The van der Waals surface area contributed by atoms with E-state index in [1.54, 1.807) is 0 Å². The highest BCUT2D eigenvalue weighted by Crippen LogP contribution is 2.19. The molecule has 0 radical (unpaired) electrons. The number of carboxylic acids is 1. The standard InChI is InChI=1S/C13H22N2O4/c1-10-7-15(4-5-19-10)12(16)9-14-3-2-11(8-14)6-13(17)18/h10-11H,2-9H2,1H3,(H,17,18). The average Bonchev–Trinajstić information content (AvgIpc) is 2.75. The Morgan fingerprint density at radius 3 is 2.79 bits per heavy atom. The molecule has 0 aromatic heterocycles. The largest absolute Gasteiger partial charge is 0.481 e. The molecular weight excluding hydrogens is 248 g/mol. The van der Waals surface area contributed by atoms with Gasteiger partial charge in [0.2, 0.25) is 5.91 Å². The first-order valence-corrected chi connectivity index (χ1v) is 6.88. The molecule has 108 valence electrons. The molecule has 2 rings (SSSR count). The smallest absolute Gasteiger partial charge is 0.303 e. The fourth-order valence-corrected chi connectivity index (χ4v) is 2.81. The van der Waals surface area contributed by atoms with E-state index in [1.165, 1.54) is 0 Å². The average molecular weight is 270 g/mol. The second-order valence-electron chi connectivity index (χ2n) is 5.51. The van der Waals surface area contributed by atoms with E-state index >= 15 is 0 Å². The van der Waals surface area contributed by atoms with Crippen molar-refractivity contribution in [2.75, 3.05) is 39.3 Å². The van der Waals surface area contributed by atoms with Crippen LogP contribution in [0.1, 0.15) is 19.8 Å². The third-order valence-electron chi connectivity index (χ3n) is 3.79. The normalized spacial score (nSPS) is 28.6. The fraction of sp³-hybridized carbons (Fsp3) is 0.846. The van der Waals surface area contributed by atoms with E-state index in [0.717, 1.165) is 19.5 Å². The predicted octanol–water partition coefficient (Wildman–Crippen LogP) is 0.0303. The van der Waals surface area contributed by atoms with Crippen molar-refractivity contribution in [3.8, 4) is 0 Å². The topological polar surface area (TPSA) is 70.1 Å². The molecule has 2 heterocycles. The number of hydrogen-bond donors (Lipinski definition) is 1. The van der Waals surface area contributed by atoms with Crippen LogP contribution in [0.15, 0.2) is 0 Å². The molecule has 1 N–H and O–H groups in total. The summed E-state index contributed by atoms with van der Waals surface area (Å²) in [5.41, 5.74) is 0. The van der Waals surface area contributed by atoms with Gasteiger partial charge in [-0.15, -0.1) is 0 Å². The Kier molecular flexibility index (Phi) is 4.76. The number of ether oxygens (including phenoxy) is 1. The van der Waals surface area contributed by atoms with Crippen molar-refractivity contribution in [2.24, 2.45) is 5.92 Å². The molecule has 2 unspecified atom stereocenters. The number of rotatable bonds is 4. The van der Waals surface area contributed by atoms with Gasteiger partial charge in [0.1, 0.15) is 0 Å². The second kappa shape index (κ2) is 6.34. The molecule has 2 fully saturated rings. The maximum absolute atomic E-state index is 12.1. The molecule has 19 heavy (non-hydrogen) atoms. The number of morpholine rings is 1. The Morgan fingerprint density at radius 1 is 1.32 bits per heavy atom. The van der Waals surface area contributed by atoms with Gasteiger partial charge < -0.3 is 14.7 Å². The van der Waals surface area contributed by atoms with Crippen LogP contribution in [0.25, 0.3) is 0 Å². The summed E-state index contributed by atoms with van der Waals surface area (Å²) in [5, 5.41) is 8.77. The molecule has 2 aliphatic heterocycles. The molecular formula is C13H22N2O4. The van der Waals surface area contributed by atoms with Crippen LogP contribution in [0.4, 0.5) is 0 Å². The van der Waals surface area contributed by atoms with E-state index in [9.17, 15) is 9.59 Å². The molecule has 2 atom stereocenters. The number of likely N-dealkylation sites (tertiary alicyclic amines) is 1. The van der Waals surface area contributed by atoms with Gasteiger partial charge in [0.05, 0.1) is 19.3 Å². The molecule has 6 heteroatoms. The maximum Gasteiger partial charge on any atom is 0.303 e. The quantitative estimate of drug-likeness (QED) is 0.780. The van der Waals surface area contributed by atoms with Gasteiger partial charge in [0.25, 0.3) is 0 Å². The van der Waals surface area contributed by atoms with Crippen LogP contribution in [0.2, 0.25) is 0 Å². The molecule has 0 bridgehead atoms. The first kappa shape index (κ1) is 14.3. The second-order valence-corrected chi connectivity index (χ2v) is 5.51. The van der Waals surface area contributed by atoms with Crippen LogP contribution < -0.4 is 0 Å². The number of carbonyl (C=O) groups excluding carboxylic acids is 1. The van der Waals surface area contributed by atoms with E-state index in [2.05, 4.69) is 4.90 Å². The molecule has 0 aromatic carbocycles. The minimum Gasteiger partial charge on any atom is -0.481 e. The minimum atomic E-state index is -0.750. The SMILES string of the molecule is CC1CN(C(=O)CN2CCC(CC(=O)O)C2)CCO1. The maximum atomic E-state index is 12.1. The van der Waals surface area contributed by atoms with Crippen molar-refractivity contribution in [3.05, 3.63) is 0 Å². The number of amides is 1. The highest BCUT2D eigenvalue weighted by Gasteiger charge is 2.28. The van der Waals surface area contributed by atoms with E-state index in [-0.39, 0.29) is 24.3 Å². The van der Waals surface area contributed by atoms with Crippen molar-refractivity contribution < 1.29 is 19.4 Å². The lowest BCUT2D eigenvalue weighted by Crippen LogP contribution is -2.48. The number of hydrogen-bond acceptors (Lipinski definition) is 4. The van der Waals surface area contributed by atoms with Gasteiger partial charge in [-0.3, -0.25) is 14.5 Å². The van der Waals surface area contributed by atoms with Gasteiger partial charge in [-0.1, -0.05) is 0 Å². The van der Waals surface area contributed by atoms with E-state index < -0.39 is 5.97 Å².